The van der Waals surface area contributed by atoms with Gasteiger partial charge in [0.2, 0.25) is 0 Å². The molecule has 1 amide bonds. The molecule has 4 nitrogen and oxygen atoms in total. The van der Waals surface area contributed by atoms with Gasteiger partial charge < -0.3 is 15.2 Å². The maximum Gasteiger partial charge on any atom is 0.411 e. The van der Waals surface area contributed by atoms with E-state index in [1.165, 1.54) is 18.2 Å². The van der Waals surface area contributed by atoms with Crippen molar-refractivity contribution in [3.05, 3.63) is 28.8 Å². The number of benzene rings is 1. The molecule has 0 heterocycles. The zero-order chi connectivity index (χ0) is 14.5. The van der Waals surface area contributed by atoms with Gasteiger partial charge in [0, 0.05) is 11.6 Å². The van der Waals surface area contributed by atoms with Gasteiger partial charge in [-0.1, -0.05) is 11.6 Å². The van der Waals surface area contributed by atoms with E-state index in [9.17, 15) is 23.1 Å². The second kappa shape index (κ2) is 6.63. The smallest absolute Gasteiger partial charge is 0.411 e. The number of nitrogens with one attached hydrogen (secondary N) is 1. The van der Waals surface area contributed by atoms with Crippen molar-refractivity contribution in [1.29, 1.82) is 0 Å². The average molecular weight is 298 g/mol. The summed E-state index contributed by atoms with van der Waals surface area (Å²) in [6.07, 6.45) is -4.39. The summed E-state index contributed by atoms with van der Waals surface area (Å²) in [6.45, 7) is -1.74. The third kappa shape index (κ3) is 5.80. The first kappa shape index (κ1) is 15.6. The summed E-state index contributed by atoms with van der Waals surface area (Å²) in [5, 5.41) is 12.0. The topological polar surface area (TPSA) is 58.6 Å². The molecule has 106 valence electrons. The van der Waals surface area contributed by atoms with E-state index in [1.807, 2.05) is 0 Å². The Morgan fingerprint density at radius 2 is 2.11 bits per heavy atom. The minimum atomic E-state index is -4.39. The standard InChI is InChI=1S/C11H11ClF3NO3/c12-7-1-2-8(9(17)5-7)10(18)16-3-4-19-6-11(13,14)15/h1-2,5,17H,3-4,6H2,(H,16,18). The Morgan fingerprint density at radius 1 is 1.42 bits per heavy atom. The fourth-order valence-electron chi connectivity index (χ4n) is 1.22. The largest absolute Gasteiger partial charge is 0.507 e. The number of ether oxygens (including phenoxy) is 1. The fraction of sp³-hybridized carbons (Fsp3) is 0.364. The maximum absolute atomic E-state index is 11.7. The van der Waals surface area contributed by atoms with Crippen molar-refractivity contribution in [3.8, 4) is 5.75 Å². The van der Waals surface area contributed by atoms with E-state index in [2.05, 4.69) is 10.1 Å². The van der Waals surface area contributed by atoms with Gasteiger partial charge in [-0.2, -0.15) is 13.2 Å². The van der Waals surface area contributed by atoms with E-state index >= 15 is 0 Å². The second-order valence-corrected chi connectivity index (χ2v) is 4.02. The van der Waals surface area contributed by atoms with Gasteiger partial charge in [0.05, 0.1) is 12.2 Å². The second-order valence-electron chi connectivity index (χ2n) is 3.59. The summed E-state index contributed by atoms with van der Waals surface area (Å²) in [6, 6.07) is 3.91. The van der Waals surface area contributed by atoms with Crippen molar-refractivity contribution in [2.75, 3.05) is 19.8 Å². The van der Waals surface area contributed by atoms with Crippen LogP contribution in [0.3, 0.4) is 0 Å². The zero-order valence-corrected chi connectivity index (χ0v) is 10.4. The van der Waals surface area contributed by atoms with E-state index < -0.39 is 18.7 Å². The van der Waals surface area contributed by atoms with Crippen LogP contribution < -0.4 is 5.32 Å². The molecule has 0 saturated carbocycles. The highest BCUT2D eigenvalue weighted by Crippen LogP contribution is 2.21. The molecule has 19 heavy (non-hydrogen) atoms. The van der Waals surface area contributed by atoms with E-state index in [-0.39, 0.29) is 29.5 Å². The Morgan fingerprint density at radius 3 is 2.68 bits per heavy atom. The van der Waals surface area contributed by atoms with Crippen molar-refractivity contribution < 1.29 is 27.8 Å². The normalized spacial score (nSPS) is 11.4. The molecule has 1 rings (SSSR count). The zero-order valence-electron chi connectivity index (χ0n) is 9.63. The van der Waals surface area contributed by atoms with E-state index in [0.717, 1.165) is 0 Å². The molecule has 1 aromatic rings. The van der Waals surface area contributed by atoms with Crippen LogP contribution in [0.4, 0.5) is 13.2 Å². The Labute approximate surface area is 112 Å². The van der Waals surface area contributed by atoms with Crippen LogP contribution in [0.5, 0.6) is 5.75 Å². The van der Waals surface area contributed by atoms with E-state index in [1.54, 1.807) is 0 Å². The maximum atomic E-state index is 11.7. The highest BCUT2D eigenvalue weighted by molar-refractivity contribution is 6.30. The van der Waals surface area contributed by atoms with Crippen LogP contribution >= 0.6 is 11.6 Å². The van der Waals surface area contributed by atoms with Crippen LogP contribution in [-0.2, 0) is 4.74 Å². The summed E-state index contributed by atoms with van der Waals surface area (Å²) in [7, 11) is 0. The third-order valence-corrected chi connectivity index (χ3v) is 2.24. The lowest BCUT2D eigenvalue weighted by atomic mass is 10.2. The monoisotopic (exact) mass is 297 g/mol. The highest BCUT2D eigenvalue weighted by Gasteiger charge is 2.27. The minimum absolute atomic E-state index is 0.0137. The van der Waals surface area contributed by atoms with Gasteiger partial charge >= 0.3 is 6.18 Å². The number of amides is 1. The van der Waals surface area contributed by atoms with E-state index in [4.69, 9.17) is 11.6 Å². The molecule has 0 aliphatic rings. The quantitative estimate of drug-likeness (QED) is 0.820. The number of phenolic OH excluding ortho intramolecular Hbond substituents is 1. The van der Waals surface area contributed by atoms with Crippen LogP contribution in [0.15, 0.2) is 18.2 Å². The molecule has 0 saturated heterocycles. The number of aromatic hydroxyl groups is 1. The number of alkyl halides is 3. The Bertz CT molecular complexity index is 451. The molecule has 0 radical (unpaired) electrons. The van der Waals surface area contributed by atoms with Crippen molar-refractivity contribution in [2.24, 2.45) is 0 Å². The molecule has 0 fully saturated rings. The number of halogens is 4. The minimum Gasteiger partial charge on any atom is -0.507 e. The van der Waals surface area contributed by atoms with Gasteiger partial charge in [-0.05, 0) is 18.2 Å². The molecule has 1 aromatic carbocycles. The van der Waals surface area contributed by atoms with Crippen LogP contribution in [0.1, 0.15) is 10.4 Å². The first-order valence-corrected chi connectivity index (χ1v) is 5.58. The van der Waals surface area contributed by atoms with Crippen molar-refractivity contribution in [1.82, 2.24) is 5.32 Å². The SMILES string of the molecule is O=C(NCCOCC(F)(F)F)c1ccc(Cl)cc1O. The predicted octanol–water partition coefficient (Wildman–Crippen LogP) is 2.35. The summed E-state index contributed by atoms with van der Waals surface area (Å²) < 4.78 is 39.5. The van der Waals surface area contributed by atoms with Crippen LogP contribution in [0.25, 0.3) is 0 Å². The van der Waals surface area contributed by atoms with Gasteiger partial charge in [-0.25, -0.2) is 0 Å². The number of carbonyl (C=O) groups is 1. The molecule has 0 aliphatic carbocycles. The van der Waals surface area contributed by atoms with Gasteiger partial charge in [-0.3, -0.25) is 4.79 Å². The highest BCUT2D eigenvalue weighted by atomic mass is 35.5. The lowest BCUT2D eigenvalue weighted by Crippen LogP contribution is -2.28. The molecule has 0 unspecified atom stereocenters. The summed E-state index contributed by atoms with van der Waals surface area (Å²) in [4.78, 5) is 11.5. The molecule has 0 aromatic heterocycles. The first-order chi connectivity index (χ1) is 8.79. The van der Waals surface area contributed by atoms with Crippen molar-refractivity contribution in [3.63, 3.8) is 0 Å². The number of hydrogen-bond acceptors (Lipinski definition) is 3. The van der Waals surface area contributed by atoms with Gasteiger partial charge in [0.15, 0.2) is 0 Å². The molecule has 0 bridgehead atoms. The van der Waals surface area contributed by atoms with Gasteiger partial charge in [0.1, 0.15) is 12.4 Å². The number of phenols is 1. The molecular weight excluding hydrogens is 287 g/mol. The van der Waals surface area contributed by atoms with Crippen molar-refractivity contribution >= 4 is 17.5 Å². The van der Waals surface area contributed by atoms with Crippen molar-refractivity contribution in [2.45, 2.75) is 6.18 Å². The Balaban J connectivity index is 2.36. The van der Waals surface area contributed by atoms with Gasteiger partial charge in [-0.15, -0.1) is 0 Å². The fourth-order valence-corrected chi connectivity index (χ4v) is 1.38. The van der Waals surface area contributed by atoms with E-state index in [0.29, 0.717) is 0 Å². The molecule has 8 heteroatoms. The molecule has 0 atom stereocenters. The van der Waals surface area contributed by atoms with Gasteiger partial charge in [0.25, 0.3) is 5.91 Å². The molecule has 0 aliphatic heterocycles. The predicted molar refractivity (Wildman–Crippen MR) is 62.3 cm³/mol. The summed E-state index contributed by atoms with van der Waals surface area (Å²) in [5.74, 6) is -0.925. The lowest BCUT2D eigenvalue weighted by Gasteiger charge is -2.09. The van der Waals surface area contributed by atoms with Crippen LogP contribution in [0.2, 0.25) is 5.02 Å². The number of rotatable bonds is 5. The summed E-state index contributed by atoms with van der Waals surface area (Å²) >= 11 is 5.59. The van der Waals surface area contributed by atoms with Crippen LogP contribution in [0, 0.1) is 0 Å². The molecular formula is C11H11ClF3NO3. The number of hydrogen-bond donors (Lipinski definition) is 2. The molecule has 2 N–H and O–H groups in total. The third-order valence-electron chi connectivity index (χ3n) is 2.00. The lowest BCUT2D eigenvalue weighted by molar-refractivity contribution is -0.173. The Hall–Kier alpha value is -1.47. The number of carbonyl (C=O) groups excluding carboxylic acids is 1. The van der Waals surface area contributed by atoms with Crippen LogP contribution in [-0.4, -0.2) is 36.9 Å². The first-order valence-electron chi connectivity index (χ1n) is 5.21. The Kier molecular flexibility index (Phi) is 5.44. The molecule has 0 spiro atoms. The summed E-state index contributed by atoms with van der Waals surface area (Å²) in [5.41, 5.74) is -0.0137. The average Bonchev–Trinajstić information content (AvgIpc) is 2.26.